The van der Waals surface area contributed by atoms with E-state index in [-0.39, 0.29) is 12.0 Å². The number of nitrogens with one attached hydrogen (secondary N) is 1. The van der Waals surface area contributed by atoms with Gasteiger partial charge in [-0.2, -0.15) is 0 Å². The minimum absolute atomic E-state index is 0.248. The molecule has 4 rings (SSSR count). The average Bonchev–Trinajstić information content (AvgIpc) is 2.84. The first-order valence-corrected chi connectivity index (χ1v) is 10.5. The van der Waals surface area contributed by atoms with Crippen molar-refractivity contribution in [1.29, 1.82) is 0 Å². The van der Waals surface area contributed by atoms with Gasteiger partial charge in [0, 0.05) is 17.2 Å². The molecule has 158 valence electrons. The summed E-state index contributed by atoms with van der Waals surface area (Å²) in [6, 6.07) is 30.8. The van der Waals surface area contributed by atoms with Crippen molar-refractivity contribution in [2.75, 3.05) is 5.32 Å². The molecule has 1 amide bonds. The van der Waals surface area contributed by atoms with E-state index in [0.717, 1.165) is 16.7 Å². The molecule has 0 atom stereocenters. The van der Waals surface area contributed by atoms with Crippen LogP contribution in [-0.4, -0.2) is 10.9 Å². The van der Waals surface area contributed by atoms with Crippen LogP contribution in [0.5, 0.6) is 5.88 Å². The van der Waals surface area contributed by atoms with Crippen LogP contribution < -0.4 is 10.1 Å². The Morgan fingerprint density at radius 3 is 2.03 bits per heavy atom. The van der Waals surface area contributed by atoms with E-state index >= 15 is 0 Å². The molecule has 0 fully saturated rings. The molecule has 1 heterocycles. The molecule has 0 aliphatic rings. The molecule has 0 saturated heterocycles. The molecule has 3 aromatic carbocycles. The predicted octanol–water partition coefficient (Wildman–Crippen LogP) is 6.56. The van der Waals surface area contributed by atoms with Gasteiger partial charge in [-0.05, 0) is 41.0 Å². The van der Waals surface area contributed by atoms with Gasteiger partial charge in [-0.25, -0.2) is 4.98 Å². The van der Waals surface area contributed by atoms with E-state index in [0.29, 0.717) is 16.6 Å². The summed E-state index contributed by atoms with van der Waals surface area (Å²) >= 11 is 5.87. The van der Waals surface area contributed by atoms with Crippen LogP contribution in [0, 0.1) is 0 Å². The zero-order valence-corrected chi connectivity index (χ0v) is 17.9. The van der Waals surface area contributed by atoms with Gasteiger partial charge in [0.25, 0.3) is 0 Å². The van der Waals surface area contributed by atoms with Gasteiger partial charge in [-0.1, -0.05) is 84.4 Å². The number of carbonyl (C=O) groups excluding carboxylic acids is 1. The maximum Gasteiger partial charge on any atom is 0.248 e. The lowest BCUT2D eigenvalue weighted by Gasteiger charge is -2.19. The topological polar surface area (TPSA) is 51.2 Å². The molecule has 0 spiro atoms. The van der Waals surface area contributed by atoms with E-state index in [1.165, 1.54) is 6.08 Å². The quantitative estimate of drug-likeness (QED) is 0.331. The van der Waals surface area contributed by atoms with Crippen molar-refractivity contribution in [3.63, 3.8) is 0 Å². The van der Waals surface area contributed by atoms with Crippen LogP contribution in [0.1, 0.15) is 22.8 Å². The first-order valence-electron chi connectivity index (χ1n) is 10.1. The minimum Gasteiger partial charge on any atom is -0.465 e. The summed E-state index contributed by atoms with van der Waals surface area (Å²) in [5.41, 5.74) is 3.54. The molecule has 0 aliphatic heterocycles. The van der Waals surface area contributed by atoms with E-state index < -0.39 is 0 Å². The maximum absolute atomic E-state index is 12.2. The summed E-state index contributed by atoms with van der Waals surface area (Å²) in [5, 5.41) is 3.45. The summed E-state index contributed by atoms with van der Waals surface area (Å²) in [7, 11) is 0. The van der Waals surface area contributed by atoms with Gasteiger partial charge >= 0.3 is 0 Å². The molecule has 32 heavy (non-hydrogen) atoms. The third-order valence-electron chi connectivity index (χ3n) is 4.74. The Bertz CT molecular complexity index is 1140. The van der Waals surface area contributed by atoms with Crippen molar-refractivity contribution in [1.82, 2.24) is 4.98 Å². The van der Waals surface area contributed by atoms with Crippen molar-refractivity contribution in [2.45, 2.75) is 6.10 Å². The first-order chi connectivity index (χ1) is 15.7. The molecular weight excluding hydrogens is 420 g/mol. The van der Waals surface area contributed by atoms with Crippen LogP contribution in [-0.2, 0) is 4.79 Å². The number of hydrogen-bond donors (Lipinski definition) is 1. The number of carbonyl (C=O) groups is 1. The lowest BCUT2D eigenvalue weighted by Crippen LogP contribution is -2.11. The fourth-order valence-corrected chi connectivity index (χ4v) is 3.28. The van der Waals surface area contributed by atoms with E-state index in [1.54, 1.807) is 36.5 Å². The largest absolute Gasteiger partial charge is 0.465 e. The van der Waals surface area contributed by atoms with Crippen LogP contribution in [0.4, 0.5) is 5.69 Å². The monoisotopic (exact) mass is 440 g/mol. The van der Waals surface area contributed by atoms with Crippen molar-refractivity contribution < 1.29 is 9.53 Å². The number of pyridine rings is 1. The van der Waals surface area contributed by atoms with Crippen LogP contribution in [0.3, 0.4) is 0 Å². The van der Waals surface area contributed by atoms with Crippen LogP contribution in [0.2, 0.25) is 5.02 Å². The van der Waals surface area contributed by atoms with Crippen molar-refractivity contribution in [3.8, 4) is 5.88 Å². The number of nitrogens with zero attached hydrogens (tertiary/aromatic N) is 1. The fourth-order valence-electron chi connectivity index (χ4n) is 3.16. The zero-order chi connectivity index (χ0) is 22.2. The predicted molar refractivity (Wildman–Crippen MR) is 129 cm³/mol. The van der Waals surface area contributed by atoms with E-state index in [9.17, 15) is 4.79 Å². The smallest absolute Gasteiger partial charge is 0.248 e. The summed E-state index contributed by atoms with van der Waals surface area (Å²) in [6.07, 6.45) is 4.49. The third-order valence-corrected chi connectivity index (χ3v) is 5.00. The number of aromatic nitrogens is 1. The maximum atomic E-state index is 12.2. The molecular formula is C27H21ClN2O2. The van der Waals surface area contributed by atoms with E-state index in [1.807, 2.05) is 72.8 Å². The highest BCUT2D eigenvalue weighted by atomic mass is 35.5. The summed E-state index contributed by atoms with van der Waals surface area (Å²) in [4.78, 5) is 16.6. The van der Waals surface area contributed by atoms with Crippen LogP contribution >= 0.6 is 11.6 Å². The highest BCUT2D eigenvalue weighted by Crippen LogP contribution is 2.27. The Labute approximate surface area is 192 Å². The Morgan fingerprint density at radius 1 is 0.844 bits per heavy atom. The molecule has 0 saturated carbocycles. The average molecular weight is 441 g/mol. The second kappa shape index (κ2) is 10.4. The summed E-state index contributed by atoms with van der Waals surface area (Å²) in [5.74, 6) is 0.222. The molecule has 4 aromatic rings. The van der Waals surface area contributed by atoms with Gasteiger partial charge in [0.1, 0.15) is 0 Å². The number of halogens is 1. The lowest BCUT2D eigenvalue weighted by atomic mass is 10.0. The zero-order valence-electron chi connectivity index (χ0n) is 17.2. The van der Waals surface area contributed by atoms with E-state index in [2.05, 4.69) is 10.3 Å². The van der Waals surface area contributed by atoms with Gasteiger partial charge in [-0.15, -0.1) is 0 Å². The molecule has 5 heteroatoms. The SMILES string of the molecule is O=C(/C=C/c1ccc(Cl)cc1)Nc1ccc(OC(c2ccccc2)c2ccccc2)nc1. The van der Waals surface area contributed by atoms with Gasteiger partial charge < -0.3 is 10.1 Å². The fraction of sp³-hybridized carbons (Fsp3) is 0.0370. The minimum atomic E-state index is -0.285. The van der Waals surface area contributed by atoms with Crippen LogP contribution in [0.15, 0.2) is 109 Å². The molecule has 4 nitrogen and oxygen atoms in total. The molecule has 0 radical (unpaired) electrons. The molecule has 0 aliphatic carbocycles. The third kappa shape index (κ3) is 5.84. The lowest BCUT2D eigenvalue weighted by molar-refractivity contribution is -0.111. The number of hydrogen-bond acceptors (Lipinski definition) is 3. The second-order valence-corrected chi connectivity index (χ2v) is 7.51. The highest BCUT2D eigenvalue weighted by Gasteiger charge is 2.16. The molecule has 1 aromatic heterocycles. The van der Waals surface area contributed by atoms with Gasteiger partial charge in [0.2, 0.25) is 11.8 Å². The number of benzene rings is 3. The highest BCUT2D eigenvalue weighted by molar-refractivity contribution is 6.30. The number of rotatable bonds is 7. The first kappa shape index (κ1) is 21.3. The van der Waals surface area contributed by atoms with E-state index in [4.69, 9.17) is 16.3 Å². The Morgan fingerprint density at radius 2 is 1.47 bits per heavy atom. The molecule has 1 N–H and O–H groups in total. The van der Waals surface area contributed by atoms with Gasteiger partial charge in [0.05, 0.1) is 11.9 Å². The van der Waals surface area contributed by atoms with Crippen molar-refractivity contribution in [2.24, 2.45) is 0 Å². The number of ether oxygens (including phenoxy) is 1. The Balaban J connectivity index is 1.43. The molecule has 0 bridgehead atoms. The van der Waals surface area contributed by atoms with Gasteiger partial charge in [-0.3, -0.25) is 4.79 Å². The van der Waals surface area contributed by atoms with Crippen LogP contribution in [0.25, 0.3) is 6.08 Å². The Hall–Kier alpha value is -3.89. The number of amides is 1. The Kier molecular flexibility index (Phi) is 6.95. The van der Waals surface area contributed by atoms with Crippen molar-refractivity contribution >= 4 is 29.3 Å². The summed E-state index contributed by atoms with van der Waals surface area (Å²) in [6.45, 7) is 0. The van der Waals surface area contributed by atoms with Gasteiger partial charge in [0.15, 0.2) is 6.10 Å². The number of anilines is 1. The standard InChI is InChI=1S/C27H21ClN2O2/c28-23-14-11-20(12-15-23)13-17-25(31)30-24-16-18-26(29-19-24)32-27(21-7-3-1-4-8-21)22-9-5-2-6-10-22/h1-19,27H,(H,30,31)/b17-13+. The molecule has 0 unspecified atom stereocenters. The second-order valence-electron chi connectivity index (χ2n) is 7.08. The van der Waals surface area contributed by atoms with Crippen molar-refractivity contribution in [3.05, 3.63) is 131 Å². The summed E-state index contributed by atoms with van der Waals surface area (Å²) < 4.78 is 6.21. The normalized spacial score (nSPS) is 10.9.